The number of aryl methyl sites for hydroxylation is 2. The number of aromatic nitrogens is 1. The molecule has 0 atom stereocenters. The van der Waals surface area contributed by atoms with E-state index in [4.69, 9.17) is 4.74 Å². The summed E-state index contributed by atoms with van der Waals surface area (Å²) in [5.74, 6) is 0.727. The molecule has 3 rings (SSSR count). The second kappa shape index (κ2) is 6.81. The lowest BCUT2D eigenvalue weighted by Crippen LogP contribution is -2.41. The molecule has 128 valence electrons. The Kier molecular flexibility index (Phi) is 4.76. The van der Waals surface area contributed by atoms with Crippen LogP contribution in [0, 0.1) is 13.8 Å². The largest absolute Gasteiger partial charge is 0.490 e. The second-order valence-corrected chi connectivity index (χ2v) is 7.54. The van der Waals surface area contributed by atoms with E-state index in [1.165, 1.54) is 17.4 Å². The Labute approximate surface area is 145 Å². The highest BCUT2D eigenvalue weighted by atomic mass is 32.1. The first-order valence-corrected chi connectivity index (χ1v) is 8.96. The quantitative estimate of drug-likeness (QED) is 0.859. The van der Waals surface area contributed by atoms with Crippen molar-refractivity contribution in [2.75, 3.05) is 13.1 Å². The molecule has 0 saturated carbocycles. The molecule has 0 bridgehead atoms. The van der Waals surface area contributed by atoms with Gasteiger partial charge in [0.15, 0.2) is 0 Å². The average Bonchev–Trinajstić information content (AvgIpc) is 2.99. The number of nitrogens with zero attached hydrogens (tertiary/aromatic N) is 2. The minimum Gasteiger partial charge on any atom is -0.490 e. The van der Waals surface area contributed by atoms with E-state index in [0.29, 0.717) is 18.8 Å². The van der Waals surface area contributed by atoms with Crippen molar-refractivity contribution in [2.24, 2.45) is 7.05 Å². The van der Waals surface area contributed by atoms with Gasteiger partial charge in [-0.25, -0.2) is 0 Å². The summed E-state index contributed by atoms with van der Waals surface area (Å²) >= 11 is 1.54. The van der Waals surface area contributed by atoms with Crippen LogP contribution in [0.4, 0.5) is 0 Å². The zero-order valence-corrected chi connectivity index (χ0v) is 15.1. The van der Waals surface area contributed by atoms with Crippen LogP contribution in [0.3, 0.4) is 0 Å². The Balaban J connectivity index is 1.59. The van der Waals surface area contributed by atoms with Crippen LogP contribution in [0.15, 0.2) is 29.1 Å². The third kappa shape index (κ3) is 3.53. The summed E-state index contributed by atoms with van der Waals surface area (Å²) in [5.41, 5.74) is 0.809. The first-order chi connectivity index (χ1) is 11.4. The Morgan fingerprint density at radius 3 is 2.50 bits per heavy atom. The van der Waals surface area contributed by atoms with Gasteiger partial charge in [0.25, 0.3) is 11.5 Å². The van der Waals surface area contributed by atoms with Gasteiger partial charge in [-0.05, 0) is 32.0 Å². The van der Waals surface area contributed by atoms with Crippen molar-refractivity contribution in [1.29, 1.82) is 0 Å². The maximum Gasteiger partial charge on any atom is 0.263 e. The molecule has 0 N–H and O–H groups in total. The first-order valence-electron chi connectivity index (χ1n) is 8.14. The maximum absolute atomic E-state index is 12.5. The molecule has 1 amide bonds. The minimum atomic E-state index is -0.0642. The van der Waals surface area contributed by atoms with Crippen LogP contribution >= 0.6 is 11.3 Å². The van der Waals surface area contributed by atoms with Crippen LogP contribution < -0.4 is 10.3 Å². The number of piperidine rings is 1. The van der Waals surface area contributed by atoms with Gasteiger partial charge in [0.1, 0.15) is 11.9 Å². The van der Waals surface area contributed by atoms with Gasteiger partial charge in [0.2, 0.25) is 0 Å². The van der Waals surface area contributed by atoms with Crippen LogP contribution in [-0.4, -0.2) is 34.6 Å². The highest BCUT2D eigenvalue weighted by Crippen LogP contribution is 2.22. The van der Waals surface area contributed by atoms with Crippen molar-refractivity contribution in [3.63, 3.8) is 0 Å². The number of thiophene rings is 1. The van der Waals surface area contributed by atoms with Crippen molar-refractivity contribution >= 4 is 17.2 Å². The fourth-order valence-electron chi connectivity index (χ4n) is 2.88. The molecule has 5 nitrogen and oxygen atoms in total. The SMILES string of the molecule is Cc1ccc(C(=O)N2CCC(Oc3cc(C)n(C)c(=O)c3)CC2)s1. The van der Waals surface area contributed by atoms with E-state index in [-0.39, 0.29) is 17.6 Å². The topological polar surface area (TPSA) is 51.5 Å². The molecular weight excluding hydrogens is 324 g/mol. The predicted octanol–water partition coefficient (Wildman–Crippen LogP) is 2.75. The molecule has 0 aromatic carbocycles. The molecule has 0 spiro atoms. The van der Waals surface area contributed by atoms with Gasteiger partial charge in [-0.1, -0.05) is 0 Å². The number of likely N-dealkylation sites (tertiary alicyclic amines) is 1. The third-order valence-corrected chi connectivity index (χ3v) is 5.45. The number of rotatable bonds is 3. The monoisotopic (exact) mass is 346 g/mol. The molecular formula is C18H22N2O3S. The summed E-state index contributed by atoms with van der Waals surface area (Å²) in [5, 5.41) is 0. The summed E-state index contributed by atoms with van der Waals surface area (Å²) in [6.45, 7) is 5.26. The van der Waals surface area contributed by atoms with Crippen molar-refractivity contribution in [3.05, 3.63) is 50.1 Å². The summed E-state index contributed by atoms with van der Waals surface area (Å²) in [7, 11) is 1.75. The normalized spacial score (nSPS) is 15.5. The molecule has 24 heavy (non-hydrogen) atoms. The van der Waals surface area contributed by atoms with Crippen molar-refractivity contribution in [2.45, 2.75) is 32.8 Å². The molecule has 6 heteroatoms. The van der Waals surface area contributed by atoms with Crippen molar-refractivity contribution in [1.82, 2.24) is 9.47 Å². The summed E-state index contributed by atoms with van der Waals surface area (Å²) in [6, 6.07) is 7.28. The minimum absolute atomic E-state index is 0.0469. The van der Waals surface area contributed by atoms with E-state index in [9.17, 15) is 9.59 Å². The van der Waals surface area contributed by atoms with Crippen LogP contribution in [0.1, 0.15) is 33.1 Å². The Morgan fingerprint density at radius 2 is 1.92 bits per heavy atom. The molecule has 2 aromatic heterocycles. The Morgan fingerprint density at radius 1 is 1.21 bits per heavy atom. The number of ether oxygens (including phenoxy) is 1. The number of hydrogen-bond donors (Lipinski definition) is 0. The fraction of sp³-hybridized carbons (Fsp3) is 0.444. The number of amides is 1. The molecule has 1 aliphatic heterocycles. The van der Waals surface area contributed by atoms with Gasteiger partial charge in [-0.15, -0.1) is 11.3 Å². The van der Waals surface area contributed by atoms with E-state index in [0.717, 1.165) is 28.3 Å². The molecule has 1 fully saturated rings. The second-order valence-electron chi connectivity index (χ2n) is 6.25. The predicted molar refractivity (Wildman–Crippen MR) is 95.0 cm³/mol. The Bertz CT molecular complexity index is 801. The van der Waals surface area contributed by atoms with Crippen LogP contribution in [-0.2, 0) is 7.05 Å². The lowest BCUT2D eigenvalue weighted by Gasteiger charge is -2.32. The zero-order chi connectivity index (χ0) is 17.3. The van der Waals surface area contributed by atoms with Crippen LogP contribution in [0.25, 0.3) is 0 Å². The molecule has 0 unspecified atom stereocenters. The third-order valence-electron chi connectivity index (χ3n) is 4.46. The van der Waals surface area contributed by atoms with Gasteiger partial charge >= 0.3 is 0 Å². The van der Waals surface area contributed by atoms with Crippen molar-refractivity contribution in [3.8, 4) is 5.75 Å². The molecule has 1 aliphatic rings. The zero-order valence-electron chi connectivity index (χ0n) is 14.2. The highest BCUT2D eigenvalue weighted by Gasteiger charge is 2.25. The molecule has 0 radical (unpaired) electrons. The molecule has 3 heterocycles. The Hall–Kier alpha value is -2.08. The summed E-state index contributed by atoms with van der Waals surface area (Å²) < 4.78 is 7.56. The highest BCUT2D eigenvalue weighted by molar-refractivity contribution is 7.13. The van der Waals surface area contributed by atoms with E-state index >= 15 is 0 Å². The lowest BCUT2D eigenvalue weighted by atomic mass is 10.1. The van der Waals surface area contributed by atoms with E-state index < -0.39 is 0 Å². The van der Waals surface area contributed by atoms with Gasteiger partial charge in [0.05, 0.1) is 4.88 Å². The fourth-order valence-corrected chi connectivity index (χ4v) is 3.71. The smallest absolute Gasteiger partial charge is 0.263 e. The van der Waals surface area contributed by atoms with E-state index in [2.05, 4.69) is 0 Å². The van der Waals surface area contributed by atoms with Crippen LogP contribution in [0.5, 0.6) is 5.75 Å². The lowest BCUT2D eigenvalue weighted by molar-refractivity contribution is 0.0599. The van der Waals surface area contributed by atoms with Gasteiger partial charge in [0, 0.05) is 49.6 Å². The summed E-state index contributed by atoms with van der Waals surface area (Å²) in [6.07, 6.45) is 1.61. The number of pyridine rings is 1. The molecule has 0 aliphatic carbocycles. The van der Waals surface area contributed by atoms with E-state index in [1.807, 2.05) is 36.9 Å². The van der Waals surface area contributed by atoms with Crippen molar-refractivity contribution < 1.29 is 9.53 Å². The first kappa shape index (κ1) is 16.8. The average molecular weight is 346 g/mol. The van der Waals surface area contributed by atoms with Gasteiger partial charge < -0.3 is 14.2 Å². The molecule has 2 aromatic rings. The van der Waals surface area contributed by atoms with Gasteiger partial charge in [-0.2, -0.15) is 0 Å². The number of hydrogen-bond acceptors (Lipinski definition) is 4. The number of carbonyl (C=O) groups is 1. The summed E-state index contributed by atoms with van der Waals surface area (Å²) in [4.78, 5) is 28.1. The standard InChI is InChI=1S/C18H22N2O3S/c1-12-10-15(11-17(21)19(12)3)23-14-6-8-20(9-7-14)18(22)16-5-4-13(2)24-16/h4-5,10-11,14H,6-9H2,1-3H3. The number of carbonyl (C=O) groups excluding carboxylic acids is 1. The maximum atomic E-state index is 12.5. The van der Waals surface area contributed by atoms with Crippen LogP contribution in [0.2, 0.25) is 0 Å². The van der Waals surface area contributed by atoms with Gasteiger partial charge in [-0.3, -0.25) is 9.59 Å². The van der Waals surface area contributed by atoms with E-state index in [1.54, 1.807) is 11.6 Å². The molecule has 1 saturated heterocycles.